The summed E-state index contributed by atoms with van der Waals surface area (Å²) < 4.78 is 0. The molecule has 0 spiro atoms. The normalized spacial score (nSPS) is 18.0. The molecule has 2 N–H and O–H groups in total. The van der Waals surface area contributed by atoms with E-state index in [1.54, 1.807) is 24.1 Å². The van der Waals surface area contributed by atoms with Gasteiger partial charge in [0.1, 0.15) is 0 Å². The fraction of sp³-hybridized carbons (Fsp3) is 0.154. The zero-order valence-corrected chi connectivity index (χ0v) is 18.5. The summed E-state index contributed by atoms with van der Waals surface area (Å²) in [6.45, 7) is 1.95. The largest absolute Gasteiger partial charge is 0.361 e. The number of carbonyl (C=O) groups excluding carboxylic acids is 2. The van der Waals surface area contributed by atoms with E-state index < -0.39 is 12.0 Å². The van der Waals surface area contributed by atoms with Gasteiger partial charge in [-0.1, -0.05) is 54.1 Å². The first-order valence-corrected chi connectivity index (χ1v) is 10.8. The second kappa shape index (κ2) is 7.84. The number of rotatable bonds is 3. The number of aromatic amines is 1. The number of benzene rings is 3. The Balaban J connectivity index is 1.65. The Morgan fingerprint density at radius 3 is 2.59 bits per heavy atom. The summed E-state index contributed by atoms with van der Waals surface area (Å²) in [6.07, 6.45) is 1.90. The number of halogens is 1. The van der Waals surface area contributed by atoms with Crippen LogP contribution in [0.15, 0.2) is 72.9 Å². The van der Waals surface area contributed by atoms with E-state index in [0.29, 0.717) is 21.8 Å². The lowest BCUT2D eigenvalue weighted by Gasteiger charge is -2.39. The van der Waals surface area contributed by atoms with Gasteiger partial charge >= 0.3 is 0 Å². The van der Waals surface area contributed by atoms with E-state index in [4.69, 9.17) is 11.6 Å². The molecule has 1 aromatic heterocycles. The van der Waals surface area contributed by atoms with Crippen LogP contribution >= 0.6 is 11.6 Å². The van der Waals surface area contributed by atoms with Crippen molar-refractivity contribution < 1.29 is 9.59 Å². The predicted octanol–water partition coefficient (Wildman–Crippen LogP) is 5.68. The molecule has 32 heavy (non-hydrogen) atoms. The Bertz CT molecular complexity index is 1360. The van der Waals surface area contributed by atoms with E-state index in [2.05, 4.69) is 10.3 Å². The molecular weight excluding hydrogens is 422 g/mol. The minimum Gasteiger partial charge on any atom is -0.361 e. The lowest BCUT2D eigenvalue weighted by atomic mass is 9.79. The van der Waals surface area contributed by atoms with Crippen molar-refractivity contribution >= 4 is 40.0 Å². The third kappa shape index (κ3) is 3.26. The molecule has 4 aromatic rings. The van der Waals surface area contributed by atoms with Gasteiger partial charge in [0.25, 0.3) is 5.91 Å². The minimum absolute atomic E-state index is 0.103. The van der Waals surface area contributed by atoms with E-state index in [-0.39, 0.29) is 11.8 Å². The number of nitrogens with one attached hydrogen (secondary N) is 2. The van der Waals surface area contributed by atoms with Crippen LogP contribution in [0.1, 0.15) is 39.0 Å². The number of hydrogen-bond acceptors (Lipinski definition) is 2. The SMILES string of the molecule is Cc1ccc(NC(=O)C2c3ccccc3C(=O)N(C)C2c2c[nH]c3ccccc23)c(Cl)c1. The van der Waals surface area contributed by atoms with Gasteiger partial charge in [-0.25, -0.2) is 0 Å². The van der Waals surface area contributed by atoms with Crippen molar-refractivity contribution in [2.75, 3.05) is 12.4 Å². The fourth-order valence-electron chi connectivity index (χ4n) is 4.62. The van der Waals surface area contributed by atoms with E-state index in [9.17, 15) is 9.59 Å². The maximum atomic E-state index is 13.7. The molecule has 0 bridgehead atoms. The van der Waals surface area contributed by atoms with Crippen LogP contribution in [0.2, 0.25) is 5.02 Å². The molecule has 160 valence electrons. The van der Waals surface area contributed by atoms with Gasteiger partial charge in [0.05, 0.1) is 22.7 Å². The van der Waals surface area contributed by atoms with Gasteiger partial charge in [-0.2, -0.15) is 0 Å². The van der Waals surface area contributed by atoms with Crippen LogP contribution in [0.3, 0.4) is 0 Å². The molecule has 0 saturated carbocycles. The summed E-state index contributed by atoms with van der Waals surface area (Å²) in [5, 5.41) is 4.47. The second-order valence-corrected chi connectivity index (χ2v) is 8.60. The van der Waals surface area contributed by atoms with Gasteiger partial charge in [-0.3, -0.25) is 9.59 Å². The third-order valence-corrected chi connectivity index (χ3v) is 6.50. The van der Waals surface area contributed by atoms with E-state index >= 15 is 0 Å². The number of aryl methyl sites for hydroxylation is 1. The van der Waals surface area contributed by atoms with Crippen LogP contribution < -0.4 is 5.32 Å². The van der Waals surface area contributed by atoms with Crippen LogP contribution in [0, 0.1) is 6.92 Å². The minimum atomic E-state index is -0.606. The van der Waals surface area contributed by atoms with E-state index in [1.807, 2.05) is 67.7 Å². The number of hydrogen-bond donors (Lipinski definition) is 2. The standard InChI is InChI=1S/C26H22ClN3O2/c1-15-11-12-22(20(27)13-15)29-25(31)23-17-8-3-4-9-18(17)26(32)30(2)24(23)19-14-28-21-10-6-5-7-16(19)21/h3-14,23-24,28H,1-2H3,(H,29,31). The summed E-state index contributed by atoms with van der Waals surface area (Å²) in [5.74, 6) is -0.920. The molecule has 1 aliphatic rings. The lowest BCUT2D eigenvalue weighted by Crippen LogP contribution is -2.44. The number of aromatic nitrogens is 1. The van der Waals surface area contributed by atoms with Gasteiger partial charge < -0.3 is 15.2 Å². The predicted molar refractivity (Wildman–Crippen MR) is 127 cm³/mol. The number of fused-ring (bicyclic) bond motifs is 2. The zero-order valence-electron chi connectivity index (χ0n) is 17.7. The summed E-state index contributed by atoms with van der Waals surface area (Å²) in [7, 11) is 1.75. The van der Waals surface area contributed by atoms with Crippen molar-refractivity contribution in [2.24, 2.45) is 0 Å². The molecule has 0 fully saturated rings. The summed E-state index contributed by atoms with van der Waals surface area (Å²) in [5.41, 5.74) is 4.69. The Labute approximate surface area is 191 Å². The highest BCUT2D eigenvalue weighted by Gasteiger charge is 2.43. The summed E-state index contributed by atoms with van der Waals surface area (Å²) >= 11 is 6.39. The van der Waals surface area contributed by atoms with Crippen LogP contribution in [0.25, 0.3) is 10.9 Å². The quantitative estimate of drug-likeness (QED) is 0.428. The van der Waals surface area contributed by atoms with Crippen molar-refractivity contribution in [2.45, 2.75) is 18.9 Å². The molecule has 2 atom stereocenters. The number of para-hydroxylation sites is 1. The highest BCUT2D eigenvalue weighted by Crippen LogP contribution is 2.44. The van der Waals surface area contributed by atoms with E-state index in [1.165, 1.54) is 0 Å². The average molecular weight is 444 g/mol. The summed E-state index contributed by atoms with van der Waals surface area (Å²) in [6, 6.07) is 20.3. The number of carbonyl (C=O) groups is 2. The van der Waals surface area contributed by atoms with Crippen LogP contribution in [0.5, 0.6) is 0 Å². The monoisotopic (exact) mass is 443 g/mol. The average Bonchev–Trinajstić information content (AvgIpc) is 3.21. The smallest absolute Gasteiger partial charge is 0.254 e. The first-order valence-electron chi connectivity index (χ1n) is 10.4. The van der Waals surface area contributed by atoms with Crippen molar-refractivity contribution in [1.29, 1.82) is 0 Å². The van der Waals surface area contributed by atoms with Crippen molar-refractivity contribution in [3.63, 3.8) is 0 Å². The number of amides is 2. The van der Waals surface area contributed by atoms with Gasteiger partial charge in [-0.15, -0.1) is 0 Å². The number of nitrogens with zero attached hydrogens (tertiary/aromatic N) is 1. The molecule has 2 amide bonds. The number of anilines is 1. The lowest BCUT2D eigenvalue weighted by molar-refractivity contribution is -0.119. The molecule has 0 aliphatic carbocycles. The van der Waals surface area contributed by atoms with Crippen LogP contribution in [-0.2, 0) is 4.79 Å². The molecule has 6 heteroatoms. The van der Waals surface area contributed by atoms with E-state index in [0.717, 1.165) is 22.0 Å². The number of H-pyrrole nitrogens is 1. The fourth-order valence-corrected chi connectivity index (χ4v) is 4.90. The molecule has 2 unspecified atom stereocenters. The first-order chi connectivity index (χ1) is 15.5. The molecular formula is C26H22ClN3O2. The summed E-state index contributed by atoms with van der Waals surface area (Å²) in [4.78, 5) is 31.9. The zero-order chi connectivity index (χ0) is 22.4. The van der Waals surface area contributed by atoms with Crippen LogP contribution in [-0.4, -0.2) is 28.7 Å². The topological polar surface area (TPSA) is 65.2 Å². The van der Waals surface area contributed by atoms with Crippen molar-refractivity contribution in [3.05, 3.63) is 100 Å². The maximum absolute atomic E-state index is 13.7. The first kappa shape index (κ1) is 20.3. The highest BCUT2D eigenvalue weighted by atomic mass is 35.5. The Morgan fingerprint density at radius 1 is 1.03 bits per heavy atom. The molecule has 3 aromatic carbocycles. The Kier molecular flexibility index (Phi) is 4.98. The molecule has 0 saturated heterocycles. The Morgan fingerprint density at radius 2 is 1.78 bits per heavy atom. The molecule has 5 nitrogen and oxygen atoms in total. The third-order valence-electron chi connectivity index (χ3n) is 6.18. The molecule has 2 heterocycles. The van der Waals surface area contributed by atoms with Gasteiger partial charge in [-0.05, 0) is 42.3 Å². The Hall–Kier alpha value is -3.57. The molecule has 1 aliphatic heterocycles. The van der Waals surface area contributed by atoms with Gasteiger partial charge in [0.2, 0.25) is 5.91 Å². The van der Waals surface area contributed by atoms with Crippen molar-refractivity contribution in [3.8, 4) is 0 Å². The van der Waals surface area contributed by atoms with Crippen molar-refractivity contribution in [1.82, 2.24) is 9.88 Å². The number of likely N-dealkylation sites (N-methyl/N-ethyl adjacent to an activating group) is 1. The highest BCUT2D eigenvalue weighted by molar-refractivity contribution is 6.33. The second-order valence-electron chi connectivity index (χ2n) is 8.19. The van der Waals surface area contributed by atoms with Gasteiger partial charge in [0.15, 0.2) is 0 Å². The molecule has 5 rings (SSSR count). The maximum Gasteiger partial charge on any atom is 0.254 e. The molecule has 0 radical (unpaired) electrons. The van der Waals surface area contributed by atoms with Gasteiger partial charge in [0, 0.05) is 35.3 Å². The van der Waals surface area contributed by atoms with Crippen LogP contribution in [0.4, 0.5) is 5.69 Å².